The maximum Gasteiger partial charge on any atom is 0.283 e. The molecule has 168 valence electrons. The van der Waals surface area contributed by atoms with Gasteiger partial charge in [-0.15, -0.1) is 0 Å². The molecular weight excluding hydrogens is 434 g/mol. The van der Waals surface area contributed by atoms with Gasteiger partial charge in [0.15, 0.2) is 11.5 Å². The summed E-state index contributed by atoms with van der Waals surface area (Å²) in [6, 6.07) is 4.42. The van der Waals surface area contributed by atoms with Crippen LogP contribution in [0.4, 0.5) is 0 Å². The zero-order valence-corrected chi connectivity index (χ0v) is 18.1. The van der Waals surface area contributed by atoms with E-state index in [1.807, 2.05) is 0 Å². The van der Waals surface area contributed by atoms with Gasteiger partial charge in [0.1, 0.15) is 13.2 Å². The van der Waals surface area contributed by atoms with Gasteiger partial charge in [-0.2, -0.15) is 17.6 Å². The number of aromatic nitrogens is 2. The first-order valence-electron chi connectivity index (χ1n) is 9.96. The Bertz CT molecular complexity index is 1190. The molecule has 2 aromatic rings. The highest BCUT2D eigenvalue weighted by atomic mass is 32.2. The zero-order valence-electron chi connectivity index (χ0n) is 17.3. The molecule has 1 atom stereocenters. The van der Waals surface area contributed by atoms with Gasteiger partial charge >= 0.3 is 0 Å². The van der Waals surface area contributed by atoms with Gasteiger partial charge in [0.2, 0.25) is 5.91 Å². The van der Waals surface area contributed by atoms with Gasteiger partial charge in [0, 0.05) is 24.4 Å². The van der Waals surface area contributed by atoms with Crippen molar-refractivity contribution < 1.29 is 27.8 Å². The van der Waals surface area contributed by atoms with Crippen molar-refractivity contribution in [1.29, 1.82) is 0 Å². The van der Waals surface area contributed by atoms with Crippen molar-refractivity contribution in [2.24, 2.45) is 5.92 Å². The molecule has 1 aromatic carbocycles. The fourth-order valence-corrected chi connectivity index (χ4v) is 4.89. The maximum atomic E-state index is 13.1. The van der Waals surface area contributed by atoms with E-state index >= 15 is 0 Å². The van der Waals surface area contributed by atoms with Crippen molar-refractivity contribution in [3.05, 3.63) is 72.6 Å². The molecule has 32 heavy (non-hydrogen) atoms. The van der Waals surface area contributed by atoms with Crippen LogP contribution in [-0.2, 0) is 27.9 Å². The minimum atomic E-state index is -3.94. The van der Waals surface area contributed by atoms with E-state index in [9.17, 15) is 18.3 Å². The standard InChI is InChI=1S/C22H23N3O6S/c1-3-5-15(4-2)18(14-26)22(27)24-11-16-12-25(23-19(16)13-24)32(28,29)17-6-7-20-21(10-17)31-9-8-30-20/h3-7,10,12,18,26H,1-2,8-9,11,13-14H2/b15-5+/t18-/m1/s1. The number of fused-ring (bicyclic) bond motifs is 2. The van der Waals surface area contributed by atoms with Crippen LogP contribution in [0.15, 0.2) is 66.3 Å². The molecule has 0 unspecified atom stereocenters. The zero-order chi connectivity index (χ0) is 22.9. The largest absolute Gasteiger partial charge is 0.486 e. The molecule has 1 aromatic heterocycles. The first-order valence-corrected chi connectivity index (χ1v) is 11.4. The van der Waals surface area contributed by atoms with Gasteiger partial charge in [-0.25, -0.2) is 0 Å². The second kappa shape index (κ2) is 8.64. The number of nitrogens with zero attached hydrogens (tertiary/aromatic N) is 3. The van der Waals surface area contributed by atoms with E-state index in [1.54, 1.807) is 12.1 Å². The second-order valence-electron chi connectivity index (χ2n) is 7.32. The number of ether oxygens (including phenoxy) is 2. The van der Waals surface area contributed by atoms with Gasteiger partial charge in [-0.3, -0.25) is 4.79 Å². The van der Waals surface area contributed by atoms with Crippen molar-refractivity contribution in [3.8, 4) is 11.5 Å². The summed E-state index contributed by atoms with van der Waals surface area (Å²) < 4.78 is 37.9. The van der Waals surface area contributed by atoms with Crippen molar-refractivity contribution >= 4 is 15.9 Å². The average molecular weight is 458 g/mol. The van der Waals surface area contributed by atoms with Crippen LogP contribution in [0.25, 0.3) is 0 Å². The number of allylic oxidation sites excluding steroid dienone is 3. The third kappa shape index (κ3) is 3.82. The number of benzene rings is 1. The second-order valence-corrected chi connectivity index (χ2v) is 9.12. The summed E-state index contributed by atoms with van der Waals surface area (Å²) in [5.41, 5.74) is 1.68. The molecular formula is C22H23N3O6S. The molecule has 2 aliphatic heterocycles. The number of hydrogen-bond donors (Lipinski definition) is 1. The normalized spacial score (nSPS) is 16.4. The summed E-state index contributed by atoms with van der Waals surface area (Å²) in [4.78, 5) is 14.5. The predicted molar refractivity (Wildman–Crippen MR) is 116 cm³/mol. The number of rotatable bonds is 7. The Morgan fingerprint density at radius 2 is 1.97 bits per heavy atom. The average Bonchev–Trinajstić information content (AvgIpc) is 3.38. The summed E-state index contributed by atoms with van der Waals surface area (Å²) in [5, 5.41) is 13.9. The molecule has 4 rings (SSSR count). The fraction of sp³-hybridized carbons (Fsp3) is 0.273. The quantitative estimate of drug-likeness (QED) is 0.629. The number of aliphatic hydroxyl groups is 1. The lowest BCUT2D eigenvalue weighted by molar-refractivity contribution is -0.136. The Hall–Kier alpha value is -3.37. The van der Waals surface area contributed by atoms with Gasteiger partial charge < -0.3 is 19.5 Å². The molecule has 0 fully saturated rings. The lowest BCUT2D eigenvalue weighted by atomic mass is 9.98. The SMILES string of the molecule is C=C/C=C(\C=C)[C@@H](CO)C(=O)N1Cc2cn(S(=O)(=O)c3ccc4c(c3)OCCO4)nc2C1. The third-order valence-electron chi connectivity index (χ3n) is 5.36. The van der Waals surface area contributed by atoms with Crippen molar-refractivity contribution in [2.45, 2.75) is 18.0 Å². The fourth-order valence-electron chi connectivity index (χ4n) is 3.71. The van der Waals surface area contributed by atoms with Crippen LogP contribution in [0.5, 0.6) is 11.5 Å². The van der Waals surface area contributed by atoms with E-state index in [-0.39, 0.29) is 30.5 Å². The van der Waals surface area contributed by atoms with Crippen LogP contribution in [0, 0.1) is 5.92 Å². The number of carbonyl (C=O) groups is 1. The smallest absolute Gasteiger partial charge is 0.283 e. The van der Waals surface area contributed by atoms with Crippen LogP contribution in [-0.4, -0.2) is 53.3 Å². The summed E-state index contributed by atoms with van der Waals surface area (Å²) >= 11 is 0. The third-order valence-corrected chi connectivity index (χ3v) is 6.89. The Labute approximate surface area is 185 Å². The predicted octanol–water partition coefficient (Wildman–Crippen LogP) is 1.64. The summed E-state index contributed by atoms with van der Waals surface area (Å²) in [7, 11) is -3.94. The lowest BCUT2D eigenvalue weighted by Gasteiger charge is -2.22. The van der Waals surface area contributed by atoms with E-state index in [1.165, 1.54) is 35.4 Å². The number of carbonyl (C=O) groups excluding carboxylic acids is 1. The number of amides is 1. The number of hydrogen-bond acceptors (Lipinski definition) is 7. The van der Waals surface area contributed by atoms with Crippen LogP contribution in [0.1, 0.15) is 11.3 Å². The van der Waals surface area contributed by atoms with Crippen molar-refractivity contribution in [3.63, 3.8) is 0 Å². The van der Waals surface area contributed by atoms with E-state index in [2.05, 4.69) is 18.3 Å². The molecule has 0 saturated carbocycles. The minimum absolute atomic E-state index is 0.0291. The van der Waals surface area contributed by atoms with E-state index in [4.69, 9.17) is 9.47 Å². The summed E-state index contributed by atoms with van der Waals surface area (Å²) in [6.07, 6.45) is 6.08. The molecule has 0 aliphatic carbocycles. The molecule has 1 amide bonds. The Balaban J connectivity index is 1.54. The Morgan fingerprint density at radius 3 is 2.62 bits per heavy atom. The van der Waals surface area contributed by atoms with Crippen molar-refractivity contribution in [1.82, 2.24) is 14.1 Å². The monoisotopic (exact) mass is 457 g/mol. The first kappa shape index (κ1) is 21.8. The molecule has 0 saturated heterocycles. The molecule has 0 spiro atoms. The molecule has 3 heterocycles. The maximum absolute atomic E-state index is 13.1. The highest BCUT2D eigenvalue weighted by Gasteiger charge is 2.33. The highest BCUT2D eigenvalue weighted by Crippen LogP contribution is 2.33. The van der Waals surface area contributed by atoms with Gasteiger partial charge in [0.05, 0.1) is 29.7 Å². The van der Waals surface area contributed by atoms with Crippen molar-refractivity contribution in [2.75, 3.05) is 19.8 Å². The van der Waals surface area contributed by atoms with Crippen LogP contribution in [0.3, 0.4) is 0 Å². The minimum Gasteiger partial charge on any atom is -0.486 e. The molecule has 1 N–H and O–H groups in total. The molecule has 10 heteroatoms. The molecule has 0 radical (unpaired) electrons. The van der Waals surface area contributed by atoms with Crippen LogP contribution in [0.2, 0.25) is 0 Å². The summed E-state index contributed by atoms with van der Waals surface area (Å²) in [6.45, 7) is 8.02. The summed E-state index contributed by atoms with van der Waals surface area (Å²) in [5.74, 6) is -0.201. The van der Waals surface area contributed by atoms with Gasteiger partial charge in [-0.1, -0.05) is 31.4 Å². The van der Waals surface area contributed by atoms with Gasteiger partial charge in [-0.05, 0) is 17.7 Å². The van der Waals surface area contributed by atoms with E-state index < -0.39 is 15.9 Å². The number of aliphatic hydroxyl groups excluding tert-OH is 1. The Kier molecular flexibility index (Phi) is 5.90. The molecule has 0 bridgehead atoms. The topological polar surface area (TPSA) is 111 Å². The molecule has 9 nitrogen and oxygen atoms in total. The van der Waals surface area contributed by atoms with E-state index in [0.717, 1.165) is 4.09 Å². The van der Waals surface area contributed by atoms with E-state index in [0.29, 0.717) is 41.5 Å². The highest BCUT2D eigenvalue weighted by molar-refractivity contribution is 7.89. The Morgan fingerprint density at radius 1 is 1.22 bits per heavy atom. The van der Waals surface area contributed by atoms with Gasteiger partial charge in [0.25, 0.3) is 10.0 Å². The lowest BCUT2D eigenvalue weighted by Crippen LogP contribution is -2.35. The first-order chi connectivity index (χ1) is 15.4. The van der Waals surface area contributed by atoms with Crippen LogP contribution >= 0.6 is 0 Å². The molecule has 2 aliphatic rings. The van der Waals surface area contributed by atoms with Crippen LogP contribution < -0.4 is 9.47 Å².